The molecule has 1 unspecified atom stereocenters. The number of piperidine rings is 1. The first-order valence-corrected chi connectivity index (χ1v) is 10.6. The summed E-state index contributed by atoms with van der Waals surface area (Å²) in [6.45, 7) is 6.64. The van der Waals surface area contributed by atoms with Gasteiger partial charge in [0, 0.05) is 32.6 Å². The molecule has 1 aromatic rings. The molecule has 3 rings (SSSR count). The number of fused-ring (bicyclic) bond motifs is 1. The molecule has 1 fully saturated rings. The Balaban J connectivity index is 1.89. The summed E-state index contributed by atoms with van der Waals surface area (Å²) in [6.07, 6.45) is 3.95. The standard InChI is InChI=1S/C22H34N4O3/c1-22(2)15-26(17(14-27)8-9-20(28)24-4)19-7-5-6-18(21(19)29-22)25-12-10-16(23-3)11-13-25/h5-7,14,16-17,23H,8-13,15H2,1-4H3,(H,24,28). The van der Waals surface area contributed by atoms with E-state index in [0.29, 0.717) is 25.4 Å². The monoisotopic (exact) mass is 402 g/mol. The van der Waals surface area contributed by atoms with Gasteiger partial charge in [-0.3, -0.25) is 4.79 Å². The molecule has 0 bridgehead atoms. The second-order valence-corrected chi connectivity index (χ2v) is 8.58. The Hall–Kier alpha value is -2.28. The highest BCUT2D eigenvalue weighted by molar-refractivity contribution is 5.79. The van der Waals surface area contributed by atoms with Crippen molar-refractivity contribution in [1.29, 1.82) is 0 Å². The van der Waals surface area contributed by atoms with E-state index in [4.69, 9.17) is 4.74 Å². The van der Waals surface area contributed by atoms with E-state index in [1.54, 1.807) is 7.05 Å². The van der Waals surface area contributed by atoms with Crippen molar-refractivity contribution in [3.05, 3.63) is 18.2 Å². The lowest BCUT2D eigenvalue weighted by Crippen LogP contribution is -2.52. The SMILES string of the molecule is CNC(=O)CCC(C=O)N1CC(C)(C)Oc2c(N3CCC(NC)CC3)cccc21. The van der Waals surface area contributed by atoms with Crippen LogP contribution in [-0.2, 0) is 9.59 Å². The number of hydrogen-bond donors (Lipinski definition) is 2. The molecule has 2 aliphatic heterocycles. The normalized spacial score (nSPS) is 19.9. The van der Waals surface area contributed by atoms with Gasteiger partial charge < -0.3 is 30.0 Å². The van der Waals surface area contributed by atoms with E-state index < -0.39 is 5.60 Å². The number of nitrogens with one attached hydrogen (secondary N) is 2. The Morgan fingerprint density at radius 3 is 2.59 bits per heavy atom. The third kappa shape index (κ3) is 4.83. The lowest BCUT2D eigenvalue weighted by molar-refractivity contribution is -0.120. The fraction of sp³-hybridized carbons (Fsp3) is 0.636. The summed E-state index contributed by atoms with van der Waals surface area (Å²) in [5.74, 6) is 0.796. The van der Waals surface area contributed by atoms with E-state index in [-0.39, 0.29) is 11.9 Å². The van der Waals surface area contributed by atoms with Gasteiger partial charge in [-0.05, 0) is 52.3 Å². The van der Waals surface area contributed by atoms with Crippen LogP contribution in [0.5, 0.6) is 5.75 Å². The van der Waals surface area contributed by atoms with Gasteiger partial charge >= 0.3 is 0 Å². The summed E-state index contributed by atoms with van der Waals surface area (Å²) in [5, 5.41) is 6.00. The number of nitrogens with zero attached hydrogens (tertiary/aromatic N) is 2. The lowest BCUT2D eigenvalue weighted by Gasteiger charge is -2.45. The summed E-state index contributed by atoms with van der Waals surface area (Å²) < 4.78 is 6.43. The molecular formula is C22H34N4O3. The van der Waals surface area contributed by atoms with E-state index in [2.05, 4.69) is 26.5 Å². The Labute approximate surface area is 173 Å². The maximum Gasteiger partial charge on any atom is 0.219 e. The molecular weight excluding hydrogens is 368 g/mol. The Morgan fingerprint density at radius 2 is 1.97 bits per heavy atom. The smallest absolute Gasteiger partial charge is 0.219 e. The summed E-state index contributed by atoms with van der Waals surface area (Å²) in [6, 6.07) is 6.36. The molecule has 0 spiro atoms. The average Bonchev–Trinajstić information content (AvgIpc) is 2.72. The third-order valence-electron chi connectivity index (χ3n) is 5.96. The molecule has 0 aliphatic carbocycles. The van der Waals surface area contributed by atoms with Crippen LogP contribution >= 0.6 is 0 Å². The molecule has 1 aromatic carbocycles. The van der Waals surface area contributed by atoms with Crippen molar-refractivity contribution in [2.75, 3.05) is 43.5 Å². The molecule has 2 heterocycles. The van der Waals surface area contributed by atoms with Crippen LogP contribution in [0.25, 0.3) is 0 Å². The van der Waals surface area contributed by atoms with Crippen LogP contribution in [0, 0.1) is 0 Å². The van der Waals surface area contributed by atoms with Gasteiger partial charge in [0.25, 0.3) is 0 Å². The van der Waals surface area contributed by atoms with Gasteiger partial charge in [0.2, 0.25) is 5.91 Å². The highest BCUT2D eigenvalue weighted by Gasteiger charge is 2.37. The summed E-state index contributed by atoms with van der Waals surface area (Å²) in [4.78, 5) is 28.2. The number of ether oxygens (including phenoxy) is 1. The van der Waals surface area contributed by atoms with Crippen LogP contribution in [0.2, 0.25) is 0 Å². The molecule has 29 heavy (non-hydrogen) atoms. The van der Waals surface area contributed by atoms with Gasteiger partial charge in [-0.15, -0.1) is 0 Å². The first kappa shape index (κ1) is 21.4. The van der Waals surface area contributed by atoms with Gasteiger partial charge in [0.05, 0.1) is 24.0 Å². The highest BCUT2D eigenvalue weighted by Crippen LogP contribution is 2.45. The zero-order valence-electron chi connectivity index (χ0n) is 18.0. The molecule has 2 aliphatic rings. The number of anilines is 2. The summed E-state index contributed by atoms with van der Waals surface area (Å²) >= 11 is 0. The Bertz CT molecular complexity index is 729. The molecule has 1 atom stereocenters. The van der Waals surface area contributed by atoms with Crippen LogP contribution < -0.4 is 25.2 Å². The number of carbonyl (C=O) groups excluding carboxylic acids is 2. The number of benzene rings is 1. The van der Waals surface area contributed by atoms with Crippen molar-refractivity contribution in [2.45, 2.75) is 57.2 Å². The second-order valence-electron chi connectivity index (χ2n) is 8.58. The number of rotatable bonds is 7. The van der Waals surface area contributed by atoms with Crippen LogP contribution in [0.4, 0.5) is 11.4 Å². The topological polar surface area (TPSA) is 73.9 Å². The van der Waals surface area contributed by atoms with E-state index in [1.807, 2.05) is 33.0 Å². The number of hydrogen-bond acceptors (Lipinski definition) is 6. The molecule has 7 nitrogen and oxygen atoms in total. The first-order chi connectivity index (χ1) is 13.9. The maximum absolute atomic E-state index is 12.0. The molecule has 2 N–H and O–H groups in total. The van der Waals surface area contributed by atoms with Crippen LogP contribution in [0.3, 0.4) is 0 Å². The van der Waals surface area contributed by atoms with Crippen molar-refractivity contribution in [3.63, 3.8) is 0 Å². The number of amides is 1. The fourth-order valence-electron chi connectivity index (χ4n) is 4.30. The maximum atomic E-state index is 12.0. The predicted molar refractivity (Wildman–Crippen MR) is 116 cm³/mol. The van der Waals surface area contributed by atoms with Crippen molar-refractivity contribution in [3.8, 4) is 5.75 Å². The molecule has 0 radical (unpaired) electrons. The largest absolute Gasteiger partial charge is 0.482 e. The van der Waals surface area contributed by atoms with E-state index >= 15 is 0 Å². The van der Waals surface area contributed by atoms with E-state index in [0.717, 1.165) is 49.3 Å². The molecule has 7 heteroatoms. The molecule has 1 saturated heterocycles. The number of carbonyl (C=O) groups is 2. The van der Waals surface area contributed by atoms with Crippen molar-refractivity contribution in [1.82, 2.24) is 10.6 Å². The fourth-order valence-corrected chi connectivity index (χ4v) is 4.30. The van der Waals surface area contributed by atoms with E-state index in [1.165, 1.54) is 0 Å². The number of aldehydes is 1. The van der Waals surface area contributed by atoms with Crippen molar-refractivity contribution < 1.29 is 14.3 Å². The minimum atomic E-state index is -0.430. The Morgan fingerprint density at radius 1 is 1.28 bits per heavy atom. The van der Waals surface area contributed by atoms with Gasteiger partial charge in [-0.2, -0.15) is 0 Å². The molecule has 160 valence electrons. The first-order valence-electron chi connectivity index (χ1n) is 10.6. The molecule has 0 saturated carbocycles. The van der Waals surface area contributed by atoms with Crippen molar-refractivity contribution >= 4 is 23.6 Å². The summed E-state index contributed by atoms with van der Waals surface area (Å²) in [7, 11) is 3.64. The second kappa shape index (κ2) is 9.03. The Kier molecular flexibility index (Phi) is 6.67. The van der Waals surface area contributed by atoms with Crippen molar-refractivity contribution in [2.24, 2.45) is 0 Å². The van der Waals surface area contributed by atoms with E-state index in [9.17, 15) is 9.59 Å². The highest BCUT2D eigenvalue weighted by atomic mass is 16.5. The lowest BCUT2D eigenvalue weighted by atomic mass is 9.99. The predicted octanol–water partition coefficient (Wildman–Crippen LogP) is 1.95. The van der Waals surface area contributed by atoms with Gasteiger partial charge in [-0.1, -0.05) is 6.07 Å². The zero-order valence-corrected chi connectivity index (χ0v) is 18.0. The average molecular weight is 403 g/mol. The quantitative estimate of drug-likeness (QED) is 0.679. The third-order valence-corrected chi connectivity index (χ3v) is 5.96. The summed E-state index contributed by atoms with van der Waals surface area (Å²) in [5.41, 5.74) is 1.60. The van der Waals surface area contributed by atoms with Crippen LogP contribution in [0.1, 0.15) is 39.5 Å². The minimum absolute atomic E-state index is 0.0502. The minimum Gasteiger partial charge on any atom is -0.482 e. The molecule has 0 aromatic heterocycles. The number of para-hydroxylation sites is 1. The van der Waals surface area contributed by atoms with Gasteiger partial charge in [-0.25, -0.2) is 0 Å². The van der Waals surface area contributed by atoms with Gasteiger partial charge in [0.1, 0.15) is 11.9 Å². The zero-order chi connectivity index (χ0) is 21.0. The molecule has 1 amide bonds. The van der Waals surface area contributed by atoms with Crippen LogP contribution in [-0.4, -0.2) is 63.6 Å². The van der Waals surface area contributed by atoms with Crippen LogP contribution in [0.15, 0.2) is 18.2 Å². The van der Waals surface area contributed by atoms with Gasteiger partial charge in [0.15, 0.2) is 5.75 Å².